The Labute approximate surface area is 147 Å². The lowest BCUT2D eigenvalue weighted by Gasteiger charge is -2.37. The van der Waals surface area contributed by atoms with Crippen molar-refractivity contribution in [3.05, 3.63) is 41.0 Å². The van der Waals surface area contributed by atoms with Crippen molar-refractivity contribution in [2.45, 2.75) is 38.0 Å². The number of benzene rings is 1. The van der Waals surface area contributed by atoms with Crippen LogP contribution in [0.5, 0.6) is 0 Å². The number of aliphatic hydroxyl groups is 1. The molecule has 1 N–H and O–H groups in total. The van der Waals surface area contributed by atoms with E-state index in [1.165, 1.54) is 12.0 Å². The zero-order valence-corrected chi connectivity index (χ0v) is 14.5. The minimum Gasteiger partial charge on any atom is -0.393 e. The van der Waals surface area contributed by atoms with Crippen LogP contribution in [0.15, 0.2) is 30.5 Å². The number of ether oxygens (including phenoxy) is 1. The van der Waals surface area contributed by atoms with E-state index in [0.29, 0.717) is 19.3 Å². The highest BCUT2D eigenvalue weighted by atomic mass is 35.5. The highest BCUT2D eigenvalue weighted by molar-refractivity contribution is 6.35. The van der Waals surface area contributed by atoms with E-state index in [0.717, 1.165) is 41.9 Å². The fourth-order valence-corrected chi connectivity index (χ4v) is 4.41. The molecule has 2 aromatic rings. The average molecular weight is 347 g/mol. The van der Waals surface area contributed by atoms with Gasteiger partial charge < -0.3 is 9.84 Å². The second-order valence-electron chi connectivity index (χ2n) is 6.88. The summed E-state index contributed by atoms with van der Waals surface area (Å²) in [6.45, 7) is 3.25. The monoisotopic (exact) mass is 346 g/mol. The molecule has 2 fully saturated rings. The number of hydrogen-bond acceptors (Lipinski definition) is 4. The lowest BCUT2D eigenvalue weighted by atomic mass is 9.89. The Bertz CT molecular complexity index is 724. The number of hydrogen-bond donors (Lipinski definition) is 1. The quantitative estimate of drug-likeness (QED) is 0.926. The summed E-state index contributed by atoms with van der Waals surface area (Å²) in [4.78, 5) is 7.04. The molecule has 0 spiro atoms. The van der Waals surface area contributed by atoms with Gasteiger partial charge in [0, 0.05) is 41.7 Å². The zero-order chi connectivity index (χ0) is 16.5. The van der Waals surface area contributed by atoms with Crippen LogP contribution in [0.2, 0.25) is 5.02 Å². The third kappa shape index (κ3) is 3.04. The molecular formula is C19H23ClN2O2. The van der Waals surface area contributed by atoms with Gasteiger partial charge in [-0.2, -0.15) is 0 Å². The first-order chi connectivity index (χ1) is 11.7. The van der Waals surface area contributed by atoms with Gasteiger partial charge in [-0.3, -0.25) is 9.88 Å². The molecule has 4 rings (SSSR count). The lowest BCUT2D eigenvalue weighted by Crippen LogP contribution is -2.45. The maximum absolute atomic E-state index is 10.4. The van der Waals surface area contributed by atoms with Crippen LogP contribution in [0.3, 0.4) is 0 Å². The van der Waals surface area contributed by atoms with Crippen molar-refractivity contribution < 1.29 is 9.84 Å². The standard InChI is InChI=1S/C19H23ClN2O2/c20-16-6-5-13(19-14(16)3-1-8-21-19)11-22-9-2-4-17(22)15-12-24-10-7-18(15)23/h1,3,5-6,8,15,17-18,23H,2,4,7,9-12H2/t15-,17-,18-/m1/s1. The summed E-state index contributed by atoms with van der Waals surface area (Å²) in [6.07, 6.45) is 4.63. The van der Waals surface area contributed by atoms with Gasteiger partial charge in [-0.1, -0.05) is 17.7 Å². The van der Waals surface area contributed by atoms with Crippen LogP contribution in [0.25, 0.3) is 10.9 Å². The Balaban J connectivity index is 1.59. The van der Waals surface area contributed by atoms with Gasteiger partial charge in [0.15, 0.2) is 0 Å². The van der Waals surface area contributed by atoms with Gasteiger partial charge >= 0.3 is 0 Å². The second-order valence-corrected chi connectivity index (χ2v) is 7.29. The predicted molar refractivity (Wildman–Crippen MR) is 95.1 cm³/mol. The van der Waals surface area contributed by atoms with E-state index in [2.05, 4.69) is 16.0 Å². The molecule has 1 aromatic heterocycles. The summed E-state index contributed by atoms with van der Waals surface area (Å²) in [5.41, 5.74) is 2.18. The van der Waals surface area contributed by atoms with Crippen molar-refractivity contribution in [2.75, 3.05) is 19.8 Å². The molecular weight excluding hydrogens is 324 g/mol. The van der Waals surface area contributed by atoms with Crippen molar-refractivity contribution in [1.29, 1.82) is 0 Å². The van der Waals surface area contributed by atoms with E-state index in [4.69, 9.17) is 16.3 Å². The van der Waals surface area contributed by atoms with Crippen LogP contribution in [-0.2, 0) is 11.3 Å². The number of nitrogens with zero attached hydrogens (tertiary/aromatic N) is 2. The molecule has 0 aliphatic carbocycles. The number of fused-ring (bicyclic) bond motifs is 1. The molecule has 3 atom stereocenters. The fraction of sp³-hybridized carbons (Fsp3) is 0.526. The summed E-state index contributed by atoms with van der Waals surface area (Å²) >= 11 is 6.31. The van der Waals surface area contributed by atoms with Crippen molar-refractivity contribution in [3.63, 3.8) is 0 Å². The summed E-state index contributed by atoms with van der Waals surface area (Å²) < 4.78 is 5.63. The number of aromatic nitrogens is 1. The molecule has 5 heteroatoms. The van der Waals surface area contributed by atoms with Crippen LogP contribution in [0.1, 0.15) is 24.8 Å². The van der Waals surface area contributed by atoms with Crippen molar-refractivity contribution in [2.24, 2.45) is 5.92 Å². The van der Waals surface area contributed by atoms with Gasteiger partial charge in [0.25, 0.3) is 0 Å². The molecule has 3 heterocycles. The summed E-state index contributed by atoms with van der Waals surface area (Å²) in [5.74, 6) is 0.216. The lowest BCUT2D eigenvalue weighted by molar-refractivity contribution is -0.0635. The van der Waals surface area contributed by atoms with Gasteiger partial charge in [0.1, 0.15) is 0 Å². The Morgan fingerprint density at radius 3 is 3.08 bits per heavy atom. The molecule has 4 nitrogen and oxygen atoms in total. The summed E-state index contributed by atoms with van der Waals surface area (Å²) in [6, 6.07) is 8.38. The molecule has 128 valence electrons. The van der Waals surface area contributed by atoms with E-state index < -0.39 is 0 Å². The molecule has 2 aliphatic heterocycles. The van der Waals surface area contributed by atoms with Crippen molar-refractivity contribution in [1.82, 2.24) is 9.88 Å². The van der Waals surface area contributed by atoms with E-state index in [-0.39, 0.29) is 12.0 Å². The Morgan fingerprint density at radius 2 is 2.21 bits per heavy atom. The van der Waals surface area contributed by atoms with Gasteiger partial charge in [0.05, 0.1) is 18.2 Å². The Morgan fingerprint density at radius 1 is 1.29 bits per heavy atom. The molecule has 0 saturated carbocycles. The van der Waals surface area contributed by atoms with Gasteiger partial charge in [-0.25, -0.2) is 0 Å². The largest absolute Gasteiger partial charge is 0.393 e. The average Bonchev–Trinajstić information content (AvgIpc) is 3.06. The van der Waals surface area contributed by atoms with E-state index in [9.17, 15) is 5.11 Å². The van der Waals surface area contributed by atoms with Crippen LogP contribution in [0.4, 0.5) is 0 Å². The van der Waals surface area contributed by atoms with E-state index in [1.54, 1.807) is 0 Å². The number of aliphatic hydroxyl groups excluding tert-OH is 1. The third-order valence-corrected chi connectivity index (χ3v) is 5.77. The van der Waals surface area contributed by atoms with Crippen LogP contribution >= 0.6 is 11.6 Å². The number of likely N-dealkylation sites (tertiary alicyclic amines) is 1. The Hall–Kier alpha value is -1.20. The molecule has 0 unspecified atom stereocenters. The minimum atomic E-state index is -0.246. The first kappa shape index (κ1) is 16.3. The minimum absolute atomic E-state index is 0.216. The predicted octanol–water partition coefficient (Wildman–Crippen LogP) is 3.25. The highest BCUT2D eigenvalue weighted by Crippen LogP contribution is 2.32. The second kappa shape index (κ2) is 6.96. The number of pyridine rings is 1. The maximum Gasteiger partial charge on any atom is 0.0761 e. The SMILES string of the molecule is O[C@@H]1CCOC[C@@H]1[C@H]1CCCN1Cc1ccc(Cl)c2cccnc12. The van der Waals surface area contributed by atoms with Crippen LogP contribution in [-0.4, -0.2) is 46.9 Å². The molecule has 2 aliphatic rings. The fourth-order valence-electron chi connectivity index (χ4n) is 4.19. The normalized spacial score (nSPS) is 28.5. The molecule has 24 heavy (non-hydrogen) atoms. The summed E-state index contributed by atoms with van der Waals surface area (Å²) in [7, 11) is 0. The molecule has 1 aromatic carbocycles. The number of rotatable bonds is 3. The Kier molecular flexibility index (Phi) is 4.72. The van der Waals surface area contributed by atoms with Crippen LogP contribution < -0.4 is 0 Å². The first-order valence-corrected chi connectivity index (χ1v) is 9.14. The van der Waals surface area contributed by atoms with E-state index >= 15 is 0 Å². The van der Waals surface area contributed by atoms with Gasteiger partial charge in [-0.15, -0.1) is 0 Å². The number of halogens is 1. The van der Waals surface area contributed by atoms with Crippen LogP contribution in [0, 0.1) is 5.92 Å². The molecule has 2 saturated heterocycles. The highest BCUT2D eigenvalue weighted by Gasteiger charge is 2.37. The summed E-state index contributed by atoms with van der Waals surface area (Å²) in [5, 5.41) is 12.1. The first-order valence-electron chi connectivity index (χ1n) is 8.76. The third-order valence-electron chi connectivity index (χ3n) is 5.44. The van der Waals surface area contributed by atoms with Gasteiger partial charge in [-0.05, 0) is 49.6 Å². The smallest absolute Gasteiger partial charge is 0.0761 e. The van der Waals surface area contributed by atoms with Gasteiger partial charge in [0.2, 0.25) is 0 Å². The van der Waals surface area contributed by atoms with Crippen molar-refractivity contribution in [3.8, 4) is 0 Å². The maximum atomic E-state index is 10.4. The molecule has 0 bridgehead atoms. The topological polar surface area (TPSA) is 45.6 Å². The molecule has 0 amide bonds. The van der Waals surface area contributed by atoms with E-state index in [1.807, 2.05) is 24.4 Å². The van der Waals surface area contributed by atoms with Crippen molar-refractivity contribution >= 4 is 22.5 Å². The zero-order valence-electron chi connectivity index (χ0n) is 13.7. The molecule has 0 radical (unpaired) electrons.